The van der Waals surface area contributed by atoms with E-state index in [2.05, 4.69) is 0 Å². The van der Waals surface area contributed by atoms with Crippen LogP contribution in [0.4, 0.5) is 0 Å². The third kappa shape index (κ3) is 3.31. The van der Waals surface area contributed by atoms with Crippen LogP contribution in [0.15, 0.2) is 10.9 Å². The van der Waals surface area contributed by atoms with Crippen molar-refractivity contribution in [2.75, 3.05) is 0 Å². The Kier molecular flexibility index (Phi) is 3.81. The smallest absolute Gasteiger partial charge is 0.135 e. The Balaban J connectivity index is 3.73. The molecule has 2 nitrogen and oxygen atoms in total. The van der Waals surface area contributed by atoms with Crippen molar-refractivity contribution in [1.29, 1.82) is 0 Å². The summed E-state index contributed by atoms with van der Waals surface area (Å²) in [5, 5.41) is 0.549. The van der Waals surface area contributed by atoms with Gasteiger partial charge >= 0.3 is 0 Å². The van der Waals surface area contributed by atoms with Crippen LogP contribution in [-0.4, -0.2) is 21.4 Å². The molecular formula is C5H4O2Si. The number of rotatable bonds is 2. The van der Waals surface area contributed by atoms with E-state index in [9.17, 15) is 9.59 Å². The van der Waals surface area contributed by atoms with Crippen LogP contribution in [0.25, 0.3) is 0 Å². The van der Waals surface area contributed by atoms with E-state index in [1.54, 1.807) is 18.8 Å². The second kappa shape index (κ2) is 4.28. The predicted octanol–water partition coefficient (Wildman–Crippen LogP) is -0.229. The molecule has 0 bridgehead atoms. The summed E-state index contributed by atoms with van der Waals surface area (Å²) in [6.07, 6.45) is 0. The first-order valence-corrected chi connectivity index (χ1v) is 3.06. The molecule has 3 heteroatoms. The van der Waals surface area contributed by atoms with Crippen molar-refractivity contribution in [1.82, 2.24) is 0 Å². The molecule has 0 aliphatic rings. The van der Waals surface area contributed by atoms with Gasteiger partial charge in [-0.15, -0.1) is 0 Å². The van der Waals surface area contributed by atoms with Crippen molar-refractivity contribution in [2.24, 2.45) is 0 Å². The number of allylic oxidation sites excluding steroid dienone is 1. The van der Waals surface area contributed by atoms with Gasteiger partial charge in [0.05, 0.1) is 0 Å². The highest BCUT2D eigenvalue weighted by Gasteiger charge is 1.84. The predicted molar refractivity (Wildman–Crippen MR) is 30.9 cm³/mol. The summed E-state index contributed by atoms with van der Waals surface area (Å²) in [6, 6.07) is 0. The summed E-state index contributed by atoms with van der Waals surface area (Å²) < 4.78 is 0. The Labute approximate surface area is 49.7 Å². The number of hydrogen-bond acceptors (Lipinski definition) is 2. The maximum Gasteiger partial charge on any atom is 0.135 e. The molecule has 0 unspecified atom stereocenters. The lowest BCUT2D eigenvalue weighted by Crippen LogP contribution is -1.87. The highest BCUT2D eigenvalue weighted by Crippen LogP contribution is 1.77. The maximum absolute atomic E-state index is 9.71. The van der Waals surface area contributed by atoms with E-state index >= 15 is 0 Å². The van der Waals surface area contributed by atoms with Crippen LogP contribution in [-0.2, 0) is 9.59 Å². The zero-order valence-electron chi connectivity index (χ0n) is 4.39. The van der Waals surface area contributed by atoms with Gasteiger partial charge in [0, 0.05) is 0 Å². The Morgan fingerprint density at radius 3 is 2.62 bits per heavy atom. The van der Waals surface area contributed by atoms with Crippen LogP contribution in [0.5, 0.6) is 0 Å². The Hall–Kier alpha value is -0.883. The summed E-state index contributed by atoms with van der Waals surface area (Å²) >= 11 is 0. The highest BCUT2D eigenvalue weighted by molar-refractivity contribution is 6.54. The van der Waals surface area contributed by atoms with Crippen LogP contribution in [0.3, 0.4) is 0 Å². The molecule has 0 atom stereocenters. The summed E-state index contributed by atoms with van der Waals surface area (Å²) in [6.45, 7) is 1.62. The largest absolute Gasteiger partial charge is 0.234 e. The molecule has 0 aromatic rings. The summed E-state index contributed by atoms with van der Waals surface area (Å²) in [7, 11) is 0.150. The number of hydrogen-bond donors (Lipinski definition) is 0. The lowest BCUT2D eigenvalue weighted by molar-refractivity contribution is 0.568. The standard InChI is InChI=1S/C5H4O2Si/c1-5(4-7)8-3-2-6/h3H,1H3. The van der Waals surface area contributed by atoms with Crippen LogP contribution < -0.4 is 0 Å². The fourth-order valence-electron chi connectivity index (χ4n) is 0.167. The van der Waals surface area contributed by atoms with Gasteiger partial charge in [0.1, 0.15) is 21.4 Å². The minimum atomic E-state index is 0.150. The van der Waals surface area contributed by atoms with Gasteiger partial charge in [0.15, 0.2) is 0 Å². The van der Waals surface area contributed by atoms with Gasteiger partial charge in [0.2, 0.25) is 0 Å². The Morgan fingerprint density at radius 2 is 2.25 bits per heavy atom. The molecule has 0 aromatic heterocycles. The van der Waals surface area contributed by atoms with Gasteiger partial charge < -0.3 is 0 Å². The molecule has 0 amide bonds. The van der Waals surface area contributed by atoms with E-state index in [0.717, 1.165) is 0 Å². The molecule has 0 aromatic carbocycles. The summed E-state index contributed by atoms with van der Waals surface area (Å²) in [5.41, 5.74) is 1.28. The third-order valence-corrected chi connectivity index (χ3v) is 1.30. The fourth-order valence-corrected chi connectivity index (χ4v) is 0.502. The minimum Gasteiger partial charge on any atom is -0.234 e. The zero-order valence-corrected chi connectivity index (χ0v) is 5.39. The van der Waals surface area contributed by atoms with E-state index < -0.39 is 0 Å². The molecule has 0 aliphatic carbocycles. The second-order valence-electron chi connectivity index (χ2n) is 1.13. The fraction of sp³-hybridized carbons (Fsp3) is 0.200. The molecule has 40 valence electrons. The van der Waals surface area contributed by atoms with Crippen molar-refractivity contribution in [3.8, 4) is 0 Å². The van der Waals surface area contributed by atoms with Crippen molar-refractivity contribution in [3.63, 3.8) is 0 Å². The maximum atomic E-state index is 9.71. The van der Waals surface area contributed by atoms with E-state index in [1.165, 1.54) is 5.70 Å². The molecule has 0 rings (SSSR count). The average molecular weight is 124 g/mol. The molecule has 0 saturated heterocycles. The van der Waals surface area contributed by atoms with Crippen LogP contribution in [0, 0.1) is 0 Å². The summed E-state index contributed by atoms with van der Waals surface area (Å²) in [4.78, 5) is 19.2. The molecule has 8 heavy (non-hydrogen) atoms. The first-order valence-electron chi connectivity index (χ1n) is 1.99. The van der Waals surface area contributed by atoms with Gasteiger partial charge in [-0.3, -0.25) is 0 Å². The average Bonchev–Trinajstić information content (AvgIpc) is 1.83. The molecular weight excluding hydrogens is 120 g/mol. The number of carbonyl (C=O) groups excluding carboxylic acids is 2. The second-order valence-corrected chi connectivity index (χ2v) is 2.46. The van der Waals surface area contributed by atoms with Gasteiger partial charge in [-0.2, -0.15) is 0 Å². The zero-order chi connectivity index (χ0) is 6.41. The molecule has 0 aliphatic heterocycles. The van der Waals surface area contributed by atoms with Gasteiger partial charge in [0.25, 0.3) is 0 Å². The lowest BCUT2D eigenvalue weighted by Gasteiger charge is -1.75. The third-order valence-electron chi connectivity index (χ3n) is 0.501. The Morgan fingerprint density at radius 1 is 1.62 bits per heavy atom. The van der Waals surface area contributed by atoms with Crippen LogP contribution >= 0.6 is 0 Å². The monoisotopic (exact) mass is 124 g/mol. The lowest BCUT2D eigenvalue weighted by atomic mass is 10.7. The van der Waals surface area contributed by atoms with E-state index in [4.69, 9.17) is 0 Å². The van der Waals surface area contributed by atoms with E-state index in [0.29, 0.717) is 5.20 Å². The molecule has 2 radical (unpaired) electrons. The normalized spacial score (nSPS) is 6.62. The van der Waals surface area contributed by atoms with E-state index in [-0.39, 0.29) is 9.52 Å². The van der Waals surface area contributed by atoms with Gasteiger partial charge in [-0.05, 0) is 17.8 Å². The SMILES string of the molecule is CC(=C=O)[Si]C=C=O. The van der Waals surface area contributed by atoms with E-state index in [1.807, 2.05) is 0 Å². The van der Waals surface area contributed by atoms with Crippen LogP contribution in [0.2, 0.25) is 0 Å². The topological polar surface area (TPSA) is 34.1 Å². The molecule has 0 saturated carbocycles. The van der Waals surface area contributed by atoms with Gasteiger partial charge in [-0.1, -0.05) is 0 Å². The van der Waals surface area contributed by atoms with Crippen LogP contribution in [0.1, 0.15) is 6.92 Å². The first-order chi connectivity index (χ1) is 3.81. The van der Waals surface area contributed by atoms with Crippen molar-refractivity contribution in [2.45, 2.75) is 6.92 Å². The minimum absolute atomic E-state index is 0.150. The van der Waals surface area contributed by atoms with Gasteiger partial charge in [-0.25, -0.2) is 9.59 Å². The van der Waals surface area contributed by atoms with Crippen molar-refractivity contribution < 1.29 is 9.59 Å². The molecule has 0 spiro atoms. The summed E-state index contributed by atoms with van der Waals surface area (Å²) in [5.74, 6) is 3.24. The molecule has 0 fully saturated rings. The first kappa shape index (κ1) is 7.12. The molecule has 0 heterocycles. The molecule has 0 N–H and O–H groups in total. The Bertz CT molecular complexity index is 161. The quantitative estimate of drug-likeness (QED) is 0.376. The van der Waals surface area contributed by atoms with Crippen molar-refractivity contribution >= 4 is 21.4 Å². The van der Waals surface area contributed by atoms with Crippen molar-refractivity contribution in [3.05, 3.63) is 10.9 Å². The highest BCUT2D eigenvalue weighted by atomic mass is 28.2.